The summed E-state index contributed by atoms with van der Waals surface area (Å²) >= 11 is 0. The van der Waals surface area contributed by atoms with Gasteiger partial charge in [0.15, 0.2) is 0 Å². The molecule has 1 saturated heterocycles. The van der Waals surface area contributed by atoms with Gasteiger partial charge in [0.1, 0.15) is 0 Å². The third-order valence-electron chi connectivity index (χ3n) is 4.65. The molecule has 19 heavy (non-hydrogen) atoms. The summed E-state index contributed by atoms with van der Waals surface area (Å²) in [5, 5.41) is 19.6. The Balaban J connectivity index is 1.78. The molecule has 0 unspecified atom stereocenters. The molecule has 0 aromatic carbocycles. The van der Waals surface area contributed by atoms with Crippen molar-refractivity contribution in [2.45, 2.75) is 50.2 Å². The molecule has 5 nitrogen and oxygen atoms in total. The Bertz CT molecular complexity index is 305. The number of rotatable bonds is 4. The molecular weight excluding hydrogens is 246 g/mol. The molecule has 0 radical (unpaired) electrons. The third kappa shape index (κ3) is 3.91. The molecule has 0 aromatic rings. The van der Waals surface area contributed by atoms with Gasteiger partial charge in [0.05, 0.1) is 17.6 Å². The lowest BCUT2D eigenvalue weighted by Gasteiger charge is -2.40. The second kappa shape index (κ2) is 6.20. The molecule has 0 spiro atoms. The lowest BCUT2D eigenvalue weighted by molar-refractivity contribution is -0.145. The summed E-state index contributed by atoms with van der Waals surface area (Å²) in [6, 6.07) is 0. The second-order valence-electron chi connectivity index (χ2n) is 6.05. The van der Waals surface area contributed by atoms with Gasteiger partial charge in [-0.15, -0.1) is 0 Å². The zero-order valence-corrected chi connectivity index (χ0v) is 11.7. The number of ether oxygens (including phenoxy) is 1. The molecule has 0 aromatic heterocycles. The number of likely N-dealkylation sites (tertiary alicyclic amines) is 1. The molecule has 2 aliphatic rings. The van der Waals surface area contributed by atoms with Gasteiger partial charge in [0.25, 0.3) is 0 Å². The Morgan fingerprint density at radius 1 is 1.26 bits per heavy atom. The average molecular weight is 271 g/mol. The summed E-state index contributed by atoms with van der Waals surface area (Å²) in [4.78, 5) is 13.2. The van der Waals surface area contributed by atoms with Gasteiger partial charge in [0, 0.05) is 26.7 Å². The molecule has 2 rings (SSSR count). The largest absolute Gasteiger partial charge is 0.481 e. The van der Waals surface area contributed by atoms with E-state index in [-0.39, 0.29) is 5.92 Å². The number of β-amino-alcohol motifs (C(OH)–C–C–N with tert-alkyl or cyclic N) is 1. The van der Waals surface area contributed by atoms with Crippen molar-refractivity contribution in [3.05, 3.63) is 0 Å². The molecule has 0 atom stereocenters. The summed E-state index contributed by atoms with van der Waals surface area (Å²) in [7, 11) is 1.75. The van der Waals surface area contributed by atoms with Crippen molar-refractivity contribution in [3.8, 4) is 0 Å². The van der Waals surface area contributed by atoms with Gasteiger partial charge in [-0.25, -0.2) is 0 Å². The van der Waals surface area contributed by atoms with Gasteiger partial charge in [-0.05, 0) is 38.5 Å². The van der Waals surface area contributed by atoms with E-state index in [1.807, 2.05) is 0 Å². The van der Waals surface area contributed by atoms with Crippen molar-refractivity contribution < 1.29 is 19.7 Å². The number of aliphatic hydroxyl groups is 1. The number of aliphatic carboxylic acids is 1. The normalized spacial score (nSPS) is 34.3. The van der Waals surface area contributed by atoms with Crippen LogP contribution >= 0.6 is 0 Å². The summed E-state index contributed by atoms with van der Waals surface area (Å²) in [5.41, 5.74) is -0.689. The first-order valence-electron chi connectivity index (χ1n) is 7.23. The number of hydrogen-bond donors (Lipinski definition) is 2. The number of piperidine rings is 1. The highest BCUT2D eigenvalue weighted by Gasteiger charge is 2.37. The molecule has 1 saturated carbocycles. The maximum absolute atomic E-state index is 10.9. The maximum atomic E-state index is 10.9. The van der Waals surface area contributed by atoms with Crippen molar-refractivity contribution in [1.29, 1.82) is 0 Å². The zero-order chi connectivity index (χ0) is 13.9. The molecule has 2 fully saturated rings. The average Bonchev–Trinajstić information content (AvgIpc) is 2.40. The Labute approximate surface area is 114 Å². The Morgan fingerprint density at radius 2 is 1.84 bits per heavy atom. The molecule has 1 heterocycles. The quantitative estimate of drug-likeness (QED) is 0.801. The minimum absolute atomic E-state index is 0.264. The van der Waals surface area contributed by atoms with E-state index in [9.17, 15) is 9.90 Å². The highest BCUT2D eigenvalue weighted by molar-refractivity contribution is 5.70. The van der Waals surface area contributed by atoms with Gasteiger partial charge in [-0.2, -0.15) is 0 Å². The van der Waals surface area contributed by atoms with E-state index in [2.05, 4.69) is 4.90 Å². The topological polar surface area (TPSA) is 70.0 Å². The Kier molecular flexibility index (Phi) is 4.81. The van der Waals surface area contributed by atoms with E-state index in [1.165, 1.54) is 0 Å². The third-order valence-corrected chi connectivity index (χ3v) is 4.65. The molecule has 0 bridgehead atoms. The molecule has 2 N–H and O–H groups in total. The Morgan fingerprint density at radius 3 is 2.32 bits per heavy atom. The van der Waals surface area contributed by atoms with Crippen LogP contribution in [0.15, 0.2) is 0 Å². The first kappa shape index (κ1) is 14.8. The van der Waals surface area contributed by atoms with E-state index in [0.717, 1.165) is 25.9 Å². The van der Waals surface area contributed by atoms with E-state index >= 15 is 0 Å². The van der Waals surface area contributed by atoms with Crippen LogP contribution < -0.4 is 0 Å². The van der Waals surface area contributed by atoms with Gasteiger partial charge < -0.3 is 19.8 Å². The summed E-state index contributed by atoms with van der Waals surface area (Å²) in [6.07, 6.45) is 4.80. The fourth-order valence-corrected chi connectivity index (χ4v) is 3.28. The van der Waals surface area contributed by atoms with Crippen molar-refractivity contribution in [1.82, 2.24) is 4.90 Å². The van der Waals surface area contributed by atoms with Gasteiger partial charge >= 0.3 is 5.97 Å². The van der Waals surface area contributed by atoms with E-state index < -0.39 is 11.6 Å². The van der Waals surface area contributed by atoms with Crippen LogP contribution in [0, 0.1) is 5.92 Å². The van der Waals surface area contributed by atoms with Crippen molar-refractivity contribution in [2.75, 3.05) is 26.7 Å². The highest BCUT2D eigenvalue weighted by Crippen LogP contribution is 2.33. The standard InChI is InChI=1S/C14H25NO4/c1-19-12-4-8-15(9-5-12)10-14(18)6-2-11(3-7-14)13(16)17/h11-12,18H,2-10H2,1H3,(H,16,17). The molecule has 0 amide bonds. The lowest BCUT2D eigenvalue weighted by atomic mass is 9.78. The minimum atomic E-state index is -0.719. The molecular formula is C14H25NO4. The predicted octanol–water partition coefficient (Wildman–Crippen LogP) is 1.10. The fourth-order valence-electron chi connectivity index (χ4n) is 3.28. The summed E-state index contributed by atoms with van der Waals surface area (Å²) < 4.78 is 5.34. The van der Waals surface area contributed by atoms with Crippen LogP contribution in [0.2, 0.25) is 0 Å². The number of methoxy groups -OCH3 is 1. The van der Waals surface area contributed by atoms with Gasteiger partial charge in [-0.3, -0.25) is 4.79 Å². The van der Waals surface area contributed by atoms with E-state index in [1.54, 1.807) is 7.11 Å². The number of carboxylic acid groups (broad SMARTS) is 1. The summed E-state index contributed by atoms with van der Waals surface area (Å²) in [6.45, 7) is 2.60. The number of nitrogens with zero attached hydrogens (tertiary/aromatic N) is 1. The van der Waals surface area contributed by atoms with Crippen molar-refractivity contribution in [3.63, 3.8) is 0 Å². The van der Waals surface area contributed by atoms with Gasteiger partial charge in [-0.1, -0.05) is 0 Å². The molecule has 110 valence electrons. The van der Waals surface area contributed by atoms with Crippen LogP contribution in [0.5, 0.6) is 0 Å². The lowest BCUT2D eigenvalue weighted by Crippen LogP contribution is -2.49. The van der Waals surface area contributed by atoms with Crippen LogP contribution in [0.25, 0.3) is 0 Å². The van der Waals surface area contributed by atoms with Crippen LogP contribution in [-0.2, 0) is 9.53 Å². The highest BCUT2D eigenvalue weighted by atomic mass is 16.5. The predicted molar refractivity (Wildman–Crippen MR) is 71.0 cm³/mol. The molecule has 1 aliphatic carbocycles. The summed E-state index contributed by atoms with van der Waals surface area (Å²) in [5.74, 6) is -0.984. The number of carboxylic acids is 1. The first-order chi connectivity index (χ1) is 9.02. The maximum Gasteiger partial charge on any atom is 0.306 e. The fraction of sp³-hybridized carbons (Fsp3) is 0.929. The minimum Gasteiger partial charge on any atom is -0.481 e. The van der Waals surface area contributed by atoms with E-state index in [4.69, 9.17) is 9.84 Å². The number of hydrogen-bond acceptors (Lipinski definition) is 4. The van der Waals surface area contributed by atoms with Gasteiger partial charge in [0.2, 0.25) is 0 Å². The van der Waals surface area contributed by atoms with Crippen molar-refractivity contribution in [2.24, 2.45) is 5.92 Å². The SMILES string of the molecule is COC1CCN(CC2(O)CCC(C(=O)O)CC2)CC1. The molecule has 5 heteroatoms. The Hall–Kier alpha value is -0.650. The number of carbonyl (C=O) groups is 1. The van der Waals surface area contributed by atoms with Crippen molar-refractivity contribution >= 4 is 5.97 Å². The van der Waals surface area contributed by atoms with Crippen LogP contribution in [0.4, 0.5) is 0 Å². The second-order valence-corrected chi connectivity index (χ2v) is 6.05. The van der Waals surface area contributed by atoms with E-state index in [0.29, 0.717) is 38.3 Å². The van der Waals surface area contributed by atoms with Crippen LogP contribution in [0.1, 0.15) is 38.5 Å². The smallest absolute Gasteiger partial charge is 0.306 e. The zero-order valence-electron chi connectivity index (χ0n) is 11.7. The van der Waals surface area contributed by atoms with Crippen LogP contribution in [-0.4, -0.2) is 59.5 Å². The monoisotopic (exact) mass is 271 g/mol. The molecule has 1 aliphatic heterocycles. The first-order valence-corrected chi connectivity index (χ1v) is 7.23. The van der Waals surface area contributed by atoms with Crippen LogP contribution in [0.3, 0.4) is 0 Å².